The minimum absolute atomic E-state index is 0.120. The summed E-state index contributed by atoms with van der Waals surface area (Å²) < 4.78 is 0. The van der Waals surface area contributed by atoms with Crippen molar-refractivity contribution in [1.82, 2.24) is 15.2 Å². The van der Waals surface area contributed by atoms with E-state index in [1.54, 1.807) is 6.92 Å². The highest BCUT2D eigenvalue weighted by atomic mass is 32.2. The number of hydrogen-bond donors (Lipinski definition) is 3. The average molecular weight is 426 g/mol. The number of aromatic nitrogens is 1. The third kappa shape index (κ3) is 3.84. The first-order chi connectivity index (χ1) is 13.3. The van der Waals surface area contributed by atoms with Gasteiger partial charge >= 0.3 is 11.9 Å². The molecule has 3 N–H and O–H groups in total. The number of nitrogens with one attached hydrogen (secondary N) is 1. The van der Waals surface area contributed by atoms with Crippen LogP contribution in [0.25, 0.3) is 0 Å². The molecule has 2 amide bonds. The zero-order chi connectivity index (χ0) is 20.4. The number of carbonyl (C=O) groups is 4. The van der Waals surface area contributed by atoms with Crippen LogP contribution >= 0.6 is 23.1 Å². The number of thiazole rings is 1. The first-order valence-electron chi connectivity index (χ1n) is 7.84. The number of carboxylic acids is 2. The van der Waals surface area contributed by atoms with E-state index in [9.17, 15) is 24.3 Å². The predicted octanol–water partition coefficient (Wildman–Crippen LogP) is -0.295. The van der Waals surface area contributed by atoms with Gasteiger partial charge in [-0.1, -0.05) is 5.16 Å². The third-order valence-corrected chi connectivity index (χ3v) is 5.70. The number of rotatable bonds is 7. The van der Waals surface area contributed by atoms with Crippen molar-refractivity contribution in [3.63, 3.8) is 0 Å². The second-order valence-corrected chi connectivity index (χ2v) is 7.95. The van der Waals surface area contributed by atoms with E-state index in [2.05, 4.69) is 20.3 Å². The lowest BCUT2D eigenvalue weighted by Gasteiger charge is -2.49. The van der Waals surface area contributed by atoms with Crippen molar-refractivity contribution in [1.29, 1.82) is 0 Å². The molecule has 1 saturated heterocycles. The quantitative estimate of drug-likeness (QED) is 0.302. The summed E-state index contributed by atoms with van der Waals surface area (Å²) in [5.74, 6) is -3.83. The topological polar surface area (TPSA) is 158 Å². The number of nitrogens with zero attached hydrogens (tertiary/aromatic N) is 3. The molecule has 2 unspecified atom stereocenters. The van der Waals surface area contributed by atoms with Crippen LogP contribution in [0.2, 0.25) is 0 Å². The second kappa shape index (κ2) is 7.98. The Bertz CT molecular complexity index is 883. The highest BCUT2D eigenvalue weighted by Crippen LogP contribution is 2.40. The Morgan fingerprint density at radius 3 is 2.75 bits per heavy atom. The van der Waals surface area contributed by atoms with Crippen LogP contribution in [-0.2, 0) is 24.0 Å². The van der Waals surface area contributed by atoms with Gasteiger partial charge in [-0.3, -0.25) is 14.5 Å². The molecule has 28 heavy (non-hydrogen) atoms. The standard InChI is InChI=1S/C15H14N4O7S2/c1-6-2-8(15(24)25)19-13(23)11(14(19)28-6)17-12(22)10(7-4-27-5-16-7)18-26-3-9(20)21/h2,4-6,11,14H,3H2,1H3,(H,17,22)(H,20,21)(H,24,25)/t6?,11?,14-/m1/s1. The lowest BCUT2D eigenvalue weighted by atomic mass is 10.0. The molecule has 3 heterocycles. The number of carboxylic acid groups (broad SMARTS) is 2. The van der Waals surface area contributed by atoms with Gasteiger partial charge in [0, 0.05) is 10.6 Å². The molecule has 2 aliphatic heterocycles. The van der Waals surface area contributed by atoms with Gasteiger partial charge in [-0.25, -0.2) is 14.6 Å². The van der Waals surface area contributed by atoms with Crippen LogP contribution in [0.5, 0.6) is 0 Å². The fraction of sp³-hybridized carbons (Fsp3) is 0.333. The van der Waals surface area contributed by atoms with Crippen molar-refractivity contribution in [3.8, 4) is 0 Å². The van der Waals surface area contributed by atoms with Crippen LogP contribution in [0.15, 0.2) is 27.8 Å². The summed E-state index contributed by atoms with van der Waals surface area (Å²) in [5, 5.41) is 24.7. The van der Waals surface area contributed by atoms with E-state index in [0.717, 1.165) is 4.90 Å². The van der Waals surface area contributed by atoms with Crippen molar-refractivity contribution in [2.24, 2.45) is 5.16 Å². The third-order valence-electron chi connectivity index (χ3n) is 3.79. The first-order valence-corrected chi connectivity index (χ1v) is 9.73. The van der Waals surface area contributed by atoms with Gasteiger partial charge in [-0.2, -0.15) is 0 Å². The highest BCUT2D eigenvalue weighted by molar-refractivity contribution is 8.00. The molecule has 1 fully saturated rings. The zero-order valence-electron chi connectivity index (χ0n) is 14.3. The summed E-state index contributed by atoms with van der Waals surface area (Å²) in [7, 11) is 0. The van der Waals surface area contributed by atoms with Crippen LogP contribution in [0.4, 0.5) is 0 Å². The molecule has 0 radical (unpaired) electrons. The molecule has 0 bridgehead atoms. The van der Waals surface area contributed by atoms with Crippen molar-refractivity contribution in [3.05, 3.63) is 28.4 Å². The van der Waals surface area contributed by atoms with Crippen LogP contribution in [0.3, 0.4) is 0 Å². The molecule has 0 aliphatic carbocycles. The molecule has 148 valence electrons. The Morgan fingerprint density at radius 1 is 1.39 bits per heavy atom. The summed E-state index contributed by atoms with van der Waals surface area (Å²) in [6.07, 6.45) is 1.47. The minimum Gasteiger partial charge on any atom is -0.479 e. The van der Waals surface area contributed by atoms with Crippen LogP contribution in [0.1, 0.15) is 12.6 Å². The maximum Gasteiger partial charge on any atom is 0.352 e. The SMILES string of the molecule is CC1C=C(C(=O)O)N2C(=O)C(NC(=O)C(=NOCC(=O)O)c3cscn3)[C@H]2S1. The number of carbonyl (C=O) groups excluding carboxylic acids is 2. The summed E-state index contributed by atoms with van der Waals surface area (Å²) in [5.41, 5.74) is 1.21. The van der Waals surface area contributed by atoms with E-state index in [1.165, 1.54) is 40.1 Å². The van der Waals surface area contributed by atoms with Crippen molar-refractivity contribution in [2.75, 3.05) is 6.61 Å². The van der Waals surface area contributed by atoms with Gasteiger partial charge in [-0.05, 0) is 13.0 Å². The summed E-state index contributed by atoms with van der Waals surface area (Å²) in [6.45, 7) is 1.04. The minimum atomic E-state index is -1.27. The number of oxime groups is 1. The van der Waals surface area contributed by atoms with E-state index >= 15 is 0 Å². The molecule has 3 rings (SSSR count). The molecule has 0 aromatic carbocycles. The molecule has 1 aromatic rings. The second-order valence-electron chi connectivity index (χ2n) is 5.73. The lowest BCUT2D eigenvalue weighted by Crippen LogP contribution is -2.71. The van der Waals surface area contributed by atoms with Crippen molar-refractivity contribution < 1.29 is 34.2 Å². The van der Waals surface area contributed by atoms with Gasteiger partial charge in [-0.15, -0.1) is 23.1 Å². The summed E-state index contributed by atoms with van der Waals surface area (Å²) in [6, 6.07) is -0.952. The molecule has 2 aliphatic rings. The number of β-lactam (4-membered cyclic amide) rings is 1. The molecule has 1 aromatic heterocycles. The largest absolute Gasteiger partial charge is 0.479 e. The summed E-state index contributed by atoms with van der Waals surface area (Å²) >= 11 is 2.52. The molecular formula is C15H14N4O7S2. The van der Waals surface area contributed by atoms with E-state index < -0.39 is 41.8 Å². The Labute approximate surface area is 166 Å². The first kappa shape index (κ1) is 19.8. The number of thioether (sulfide) groups is 1. The van der Waals surface area contributed by atoms with Crippen molar-refractivity contribution >= 4 is 52.6 Å². The fourth-order valence-corrected chi connectivity index (χ4v) is 4.49. The fourth-order valence-electron chi connectivity index (χ4n) is 2.62. The average Bonchev–Trinajstić information content (AvgIpc) is 3.16. The van der Waals surface area contributed by atoms with Gasteiger partial charge in [0.05, 0.1) is 5.51 Å². The van der Waals surface area contributed by atoms with E-state index in [0.29, 0.717) is 0 Å². The van der Waals surface area contributed by atoms with E-state index in [-0.39, 0.29) is 22.4 Å². The maximum absolute atomic E-state index is 12.6. The maximum atomic E-state index is 12.6. The Balaban J connectivity index is 1.76. The zero-order valence-corrected chi connectivity index (χ0v) is 15.9. The van der Waals surface area contributed by atoms with Gasteiger partial charge < -0.3 is 20.4 Å². The molecule has 0 spiro atoms. The van der Waals surface area contributed by atoms with Crippen LogP contribution in [0, 0.1) is 0 Å². The smallest absolute Gasteiger partial charge is 0.352 e. The monoisotopic (exact) mass is 426 g/mol. The van der Waals surface area contributed by atoms with Crippen LogP contribution < -0.4 is 5.32 Å². The Hall–Kier alpha value is -2.93. The Morgan fingerprint density at radius 2 is 2.14 bits per heavy atom. The van der Waals surface area contributed by atoms with Gasteiger partial charge in [0.25, 0.3) is 11.8 Å². The van der Waals surface area contributed by atoms with Gasteiger partial charge in [0.15, 0.2) is 5.71 Å². The molecular weight excluding hydrogens is 412 g/mol. The predicted molar refractivity (Wildman–Crippen MR) is 97.6 cm³/mol. The molecule has 0 saturated carbocycles. The van der Waals surface area contributed by atoms with Gasteiger partial charge in [0.1, 0.15) is 22.8 Å². The van der Waals surface area contributed by atoms with Crippen LogP contribution in [-0.4, -0.2) is 72.8 Å². The Kier molecular flexibility index (Phi) is 5.65. The number of aliphatic carboxylic acids is 2. The normalized spacial score (nSPS) is 24.0. The molecule has 3 atom stereocenters. The van der Waals surface area contributed by atoms with Gasteiger partial charge in [0.2, 0.25) is 6.61 Å². The number of hydrogen-bond acceptors (Lipinski definition) is 9. The van der Waals surface area contributed by atoms with Crippen molar-refractivity contribution in [2.45, 2.75) is 23.6 Å². The summed E-state index contributed by atoms with van der Waals surface area (Å²) in [4.78, 5) is 56.7. The molecule has 13 heteroatoms. The highest BCUT2D eigenvalue weighted by Gasteiger charge is 2.54. The number of fused-ring (bicyclic) bond motifs is 1. The number of amides is 2. The van der Waals surface area contributed by atoms with E-state index in [1.807, 2.05) is 0 Å². The lowest BCUT2D eigenvalue weighted by molar-refractivity contribution is -0.150. The van der Waals surface area contributed by atoms with E-state index in [4.69, 9.17) is 5.11 Å². The molecule has 11 nitrogen and oxygen atoms in total.